The third kappa shape index (κ3) is 2.63. The number of aliphatic imine (C=N–C) groups is 1. The molecule has 0 aliphatic carbocycles. The first-order valence-electron chi connectivity index (χ1n) is 6.86. The van der Waals surface area contributed by atoms with Crippen LogP contribution in [-0.2, 0) is 0 Å². The van der Waals surface area contributed by atoms with E-state index in [9.17, 15) is 0 Å². The first-order valence-corrected chi connectivity index (χ1v) is 6.86. The summed E-state index contributed by atoms with van der Waals surface area (Å²) in [4.78, 5) is 13.0. The van der Waals surface area contributed by atoms with Crippen molar-refractivity contribution in [1.29, 1.82) is 0 Å². The van der Waals surface area contributed by atoms with E-state index in [4.69, 9.17) is 5.73 Å². The summed E-state index contributed by atoms with van der Waals surface area (Å²) >= 11 is 0. The van der Waals surface area contributed by atoms with Crippen LogP contribution in [0.4, 0.5) is 5.82 Å². The number of imidazole rings is 1. The Morgan fingerprint density at radius 3 is 3.09 bits per heavy atom. The zero-order valence-corrected chi connectivity index (χ0v) is 12.5. The van der Waals surface area contributed by atoms with Crippen molar-refractivity contribution < 1.29 is 0 Å². The van der Waals surface area contributed by atoms with Crippen molar-refractivity contribution in [3.8, 4) is 0 Å². The molecule has 114 valence electrons. The fourth-order valence-electron chi connectivity index (χ4n) is 2.24. The van der Waals surface area contributed by atoms with Gasteiger partial charge in [-0.1, -0.05) is 0 Å². The Kier molecular flexibility index (Phi) is 3.75. The lowest BCUT2D eigenvalue weighted by molar-refractivity contribution is 0.374. The van der Waals surface area contributed by atoms with Crippen molar-refractivity contribution in [3.63, 3.8) is 0 Å². The van der Waals surface area contributed by atoms with Crippen LogP contribution in [-0.4, -0.2) is 45.9 Å². The van der Waals surface area contributed by atoms with Gasteiger partial charge in [0.25, 0.3) is 0 Å². The maximum absolute atomic E-state index is 5.85. The van der Waals surface area contributed by atoms with E-state index < -0.39 is 0 Å². The number of nitrogens with one attached hydrogen (secondary N) is 2. The minimum atomic E-state index is 0.362. The summed E-state index contributed by atoms with van der Waals surface area (Å²) in [5, 5.41) is 4.79. The number of rotatable bonds is 4. The minimum absolute atomic E-state index is 0.362. The number of amidine groups is 1. The topological polar surface area (TPSA) is 95.9 Å². The SMILES string of the molecule is CN/C=C\C(N)=Nc1nccn2c(C3=CN(C)NC3)cnc12. The Balaban J connectivity index is 2.03. The quantitative estimate of drug-likeness (QED) is 0.553. The largest absolute Gasteiger partial charge is 0.394 e. The van der Waals surface area contributed by atoms with Gasteiger partial charge in [0.2, 0.25) is 0 Å². The predicted molar refractivity (Wildman–Crippen MR) is 86.2 cm³/mol. The van der Waals surface area contributed by atoms with Gasteiger partial charge in [-0.05, 0) is 12.3 Å². The summed E-state index contributed by atoms with van der Waals surface area (Å²) in [5.41, 5.74) is 11.9. The zero-order valence-electron chi connectivity index (χ0n) is 12.5. The van der Waals surface area contributed by atoms with E-state index in [1.807, 2.05) is 35.1 Å². The molecule has 2 aromatic heterocycles. The molecule has 0 radical (unpaired) electrons. The molecule has 2 aromatic rings. The molecule has 0 amide bonds. The van der Waals surface area contributed by atoms with Gasteiger partial charge >= 0.3 is 0 Å². The summed E-state index contributed by atoms with van der Waals surface area (Å²) in [6.45, 7) is 0.762. The molecule has 0 atom stereocenters. The number of aromatic nitrogens is 3. The van der Waals surface area contributed by atoms with Gasteiger partial charge in [-0.2, -0.15) is 0 Å². The molecule has 3 rings (SSSR count). The number of hydrazine groups is 1. The fraction of sp³-hybridized carbons (Fsp3) is 0.214. The Morgan fingerprint density at radius 2 is 2.36 bits per heavy atom. The molecule has 0 aromatic carbocycles. The van der Waals surface area contributed by atoms with E-state index in [1.54, 1.807) is 25.5 Å². The van der Waals surface area contributed by atoms with Crippen molar-refractivity contribution in [2.75, 3.05) is 20.6 Å². The molecule has 0 saturated carbocycles. The first-order chi connectivity index (χ1) is 10.7. The maximum atomic E-state index is 5.85. The molecule has 8 heteroatoms. The second-order valence-electron chi connectivity index (χ2n) is 4.85. The van der Waals surface area contributed by atoms with E-state index in [-0.39, 0.29) is 0 Å². The number of nitrogens with zero attached hydrogens (tertiary/aromatic N) is 5. The van der Waals surface area contributed by atoms with Gasteiger partial charge in [-0.25, -0.2) is 20.4 Å². The fourth-order valence-corrected chi connectivity index (χ4v) is 2.24. The third-order valence-corrected chi connectivity index (χ3v) is 3.26. The third-order valence-electron chi connectivity index (χ3n) is 3.26. The van der Waals surface area contributed by atoms with E-state index in [1.165, 1.54) is 0 Å². The van der Waals surface area contributed by atoms with Crippen LogP contribution >= 0.6 is 0 Å². The molecule has 0 fully saturated rings. The smallest absolute Gasteiger partial charge is 0.198 e. The lowest BCUT2D eigenvalue weighted by atomic mass is 10.2. The number of fused-ring (bicyclic) bond motifs is 1. The molecule has 3 heterocycles. The van der Waals surface area contributed by atoms with Crippen LogP contribution in [0.3, 0.4) is 0 Å². The summed E-state index contributed by atoms with van der Waals surface area (Å²) in [6, 6.07) is 0. The van der Waals surface area contributed by atoms with Gasteiger partial charge in [0.1, 0.15) is 5.84 Å². The van der Waals surface area contributed by atoms with Crippen LogP contribution in [0.5, 0.6) is 0 Å². The first kappa shape index (κ1) is 14.1. The van der Waals surface area contributed by atoms with Crippen molar-refractivity contribution >= 4 is 22.9 Å². The lowest BCUT2D eigenvalue weighted by Gasteiger charge is -2.04. The summed E-state index contributed by atoms with van der Waals surface area (Å²) in [6.07, 6.45) is 10.8. The number of hydrogen-bond donors (Lipinski definition) is 3. The number of nitrogens with two attached hydrogens (primary N) is 1. The Labute approximate surface area is 128 Å². The Hall–Kier alpha value is -2.87. The van der Waals surface area contributed by atoms with Crippen LogP contribution in [0.15, 0.2) is 42.1 Å². The van der Waals surface area contributed by atoms with Crippen molar-refractivity contribution in [1.82, 2.24) is 30.1 Å². The van der Waals surface area contributed by atoms with Crippen LogP contribution < -0.4 is 16.5 Å². The molecule has 0 unspecified atom stereocenters. The number of hydrogen-bond acceptors (Lipinski definition) is 6. The molecule has 0 bridgehead atoms. The van der Waals surface area contributed by atoms with Crippen LogP contribution in [0, 0.1) is 0 Å². The average Bonchev–Trinajstić information content (AvgIpc) is 3.11. The van der Waals surface area contributed by atoms with Gasteiger partial charge in [-0.15, -0.1) is 0 Å². The molecular formula is C14H18N8. The lowest BCUT2D eigenvalue weighted by Crippen LogP contribution is -2.23. The second-order valence-corrected chi connectivity index (χ2v) is 4.85. The van der Waals surface area contributed by atoms with E-state index in [0.29, 0.717) is 17.3 Å². The molecule has 8 nitrogen and oxygen atoms in total. The highest BCUT2D eigenvalue weighted by molar-refractivity contribution is 5.94. The highest BCUT2D eigenvalue weighted by Crippen LogP contribution is 2.23. The molecular weight excluding hydrogens is 280 g/mol. The van der Waals surface area contributed by atoms with Crippen molar-refractivity contribution in [2.45, 2.75) is 0 Å². The van der Waals surface area contributed by atoms with Crippen LogP contribution in [0.2, 0.25) is 0 Å². The van der Waals surface area contributed by atoms with E-state index in [0.717, 1.165) is 17.8 Å². The van der Waals surface area contributed by atoms with Crippen molar-refractivity contribution in [2.24, 2.45) is 10.7 Å². The normalized spacial score (nSPS) is 15.8. The van der Waals surface area contributed by atoms with Gasteiger partial charge in [0, 0.05) is 44.8 Å². The average molecular weight is 298 g/mol. The van der Waals surface area contributed by atoms with Gasteiger partial charge in [-0.3, -0.25) is 4.40 Å². The highest BCUT2D eigenvalue weighted by atomic mass is 15.5. The predicted octanol–water partition coefficient (Wildman–Crippen LogP) is 0.242. The molecule has 4 N–H and O–H groups in total. The molecule has 22 heavy (non-hydrogen) atoms. The van der Waals surface area contributed by atoms with Crippen molar-refractivity contribution in [3.05, 3.63) is 42.8 Å². The van der Waals surface area contributed by atoms with Gasteiger partial charge in [0.05, 0.1) is 11.9 Å². The van der Waals surface area contributed by atoms with Crippen LogP contribution in [0.1, 0.15) is 5.69 Å². The van der Waals surface area contributed by atoms with Crippen LogP contribution in [0.25, 0.3) is 11.2 Å². The minimum Gasteiger partial charge on any atom is -0.394 e. The summed E-state index contributed by atoms with van der Waals surface area (Å²) < 4.78 is 1.97. The van der Waals surface area contributed by atoms with Gasteiger partial charge in [0.15, 0.2) is 11.5 Å². The van der Waals surface area contributed by atoms with E-state index >= 15 is 0 Å². The monoisotopic (exact) mass is 298 g/mol. The maximum Gasteiger partial charge on any atom is 0.198 e. The summed E-state index contributed by atoms with van der Waals surface area (Å²) in [7, 11) is 3.76. The standard InChI is InChI=1S/C14H18N8/c1-16-4-3-12(15)20-13-14-18-8-11(22(14)6-5-17-13)10-7-19-21(2)9-10/h3-6,8-9,16,19H,7H2,1-2H3,(H2,15,17,20)/b4-3-. The van der Waals surface area contributed by atoms with Gasteiger partial charge < -0.3 is 16.1 Å². The highest BCUT2D eigenvalue weighted by Gasteiger charge is 2.16. The molecule has 1 aliphatic rings. The molecule has 0 spiro atoms. The second kappa shape index (κ2) is 5.86. The summed E-state index contributed by atoms with van der Waals surface area (Å²) in [5.74, 6) is 0.855. The molecule has 1 aliphatic heterocycles. The zero-order chi connectivity index (χ0) is 15.5. The van der Waals surface area contributed by atoms with E-state index in [2.05, 4.69) is 25.7 Å². The molecule has 0 saturated heterocycles. The Morgan fingerprint density at radius 1 is 1.50 bits per heavy atom. The Bertz CT molecular complexity index is 770.